The molecule has 0 saturated heterocycles. The van der Waals surface area contributed by atoms with E-state index in [2.05, 4.69) is 20.9 Å². The number of nitrogens with one attached hydrogen (secondary N) is 3. The van der Waals surface area contributed by atoms with E-state index in [-0.39, 0.29) is 42.0 Å². The summed E-state index contributed by atoms with van der Waals surface area (Å²) in [5, 5.41) is 9.52. The number of benzene rings is 1. The fraction of sp³-hybridized carbons (Fsp3) is 0.350. The number of ketones is 1. The minimum Gasteiger partial charge on any atom is -0.466 e. The van der Waals surface area contributed by atoms with E-state index in [9.17, 15) is 19.2 Å². The standard InChI is InChI=1S/C20H24N4O5S/c1-2-29-17(26)10-6-9-15(25)12-21-18(27)16-13-30-20(23-16)24-19(28)22-11-14-7-4-3-5-8-14/h3-5,7-8,13H,2,6,9-12H2,1H3,(H,21,27)(H2,22,23,24,28). The number of amides is 3. The number of hydrogen-bond acceptors (Lipinski definition) is 7. The Bertz CT molecular complexity index is 869. The maximum Gasteiger partial charge on any atom is 0.321 e. The second-order valence-electron chi connectivity index (χ2n) is 6.21. The van der Waals surface area contributed by atoms with Crippen LogP contribution in [0.2, 0.25) is 0 Å². The monoisotopic (exact) mass is 432 g/mol. The van der Waals surface area contributed by atoms with Crippen molar-refractivity contribution in [2.75, 3.05) is 18.5 Å². The van der Waals surface area contributed by atoms with Gasteiger partial charge < -0.3 is 15.4 Å². The van der Waals surface area contributed by atoms with E-state index in [0.717, 1.165) is 16.9 Å². The van der Waals surface area contributed by atoms with Crippen molar-refractivity contribution in [3.63, 3.8) is 0 Å². The molecule has 0 radical (unpaired) electrons. The molecule has 0 fully saturated rings. The number of carbonyl (C=O) groups excluding carboxylic acids is 4. The van der Waals surface area contributed by atoms with Gasteiger partial charge in [0.1, 0.15) is 5.69 Å². The lowest BCUT2D eigenvalue weighted by atomic mass is 10.2. The predicted octanol–water partition coefficient (Wildman–Crippen LogP) is 2.50. The lowest BCUT2D eigenvalue weighted by Gasteiger charge is -2.05. The maximum atomic E-state index is 12.1. The molecule has 1 aromatic carbocycles. The lowest BCUT2D eigenvalue weighted by Crippen LogP contribution is -2.30. The number of carbonyl (C=O) groups is 4. The highest BCUT2D eigenvalue weighted by Crippen LogP contribution is 2.15. The van der Waals surface area contributed by atoms with Crippen molar-refractivity contribution in [2.45, 2.75) is 32.7 Å². The topological polar surface area (TPSA) is 126 Å². The highest BCUT2D eigenvalue weighted by atomic mass is 32.1. The summed E-state index contributed by atoms with van der Waals surface area (Å²) in [5.74, 6) is -1.05. The zero-order valence-electron chi connectivity index (χ0n) is 16.6. The van der Waals surface area contributed by atoms with E-state index in [0.29, 0.717) is 19.6 Å². The van der Waals surface area contributed by atoms with Gasteiger partial charge in [0, 0.05) is 24.8 Å². The molecule has 10 heteroatoms. The summed E-state index contributed by atoms with van der Waals surface area (Å²) < 4.78 is 4.79. The Hall–Kier alpha value is -3.27. The molecule has 0 unspecified atom stereocenters. The Balaban J connectivity index is 1.69. The summed E-state index contributed by atoms with van der Waals surface area (Å²) in [5.41, 5.74) is 1.07. The number of aromatic nitrogens is 1. The summed E-state index contributed by atoms with van der Waals surface area (Å²) in [4.78, 5) is 51.1. The van der Waals surface area contributed by atoms with E-state index < -0.39 is 11.9 Å². The van der Waals surface area contributed by atoms with Crippen molar-refractivity contribution < 1.29 is 23.9 Å². The first-order chi connectivity index (χ1) is 14.5. The Morgan fingerprint density at radius 2 is 1.83 bits per heavy atom. The molecule has 0 aliphatic heterocycles. The molecule has 1 heterocycles. The summed E-state index contributed by atoms with van der Waals surface area (Å²) in [7, 11) is 0. The van der Waals surface area contributed by atoms with Crippen molar-refractivity contribution >= 4 is 40.2 Å². The number of ether oxygens (including phenoxy) is 1. The van der Waals surface area contributed by atoms with Crippen molar-refractivity contribution in [3.05, 3.63) is 47.0 Å². The fourth-order valence-corrected chi connectivity index (χ4v) is 3.06. The van der Waals surface area contributed by atoms with Gasteiger partial charge in [0.15, 0.2) is 10.9 Å². The van der Waals surface area contributed by atoms with Crippen LogP contribution in [-0.4, -0.2) is 41.8 Å². The molecule has 0 aliphatic carbocycles. The first-order valence-corrected chi connectivity index (χ1v) is 10.4. The Labute approximate surface area is 178 Å². The van der Waals surface area contributed by atoms with Crippen LogP contribution in [-0.2, 0) is 20.9 Å². The van der Waals surface area contributed by atoms with Gasteiger partial charge in [0.2, 0.25) is 0 Å². The van der Waals surface area contributed by atoms with Gasteiger partial charge in [-0.15, -0.1) is 11.3 Å². The van der Waals surface area contributed by atoms with Gasteiger partial charge in [0.25, 0.3) is 5.91 Å². The molecule has 2 rings (SSSR count). The van der Waals surface area contributed by atoms with Gasteiger partial charge >= 0.3 is 12.0 Å². The molecule has 3 N–H and O–H groups in total. The SMILES string of the molecule is CCOC(=O)CCCC(=O)CNC(=O)c1csc(NC(=O)NCc2ccccc2)n1. The number of hydrogen-bond donors (Lipinski definition) is 3. The molecule has 2 aromatic rings. The van der Waals surface area contributed by atoms with Gasteiger partial charge in [-0.2, -0.15) is 0 Å². The molecule has 0 spiro atoms. The largest absolute Gasteiger partial charge is 0.466 e. The van der Waals surface area contributed by atoms with Crippen LogP contribution in [0.25, 0.3) is 0 Å². The van der Waals surface area contributed by atoms with Crippen molar-refractivity contribution in [2.24, 2.45) is 0 Å². The first kappa shape index (κ1) is 23.0. The number of nitrogens with zero attached hydrogens (tertiary/aromatic N) is 1. The number of thiazole rings is 1. The molecule has 30 heavy (non-hydrogen) atoms. The molecule has 0 atom stereocenters. The van der Waals surface area contributed by atoms with Crippen molar-refractivity contribution in [1.29, 1.82) is 0 Å². The number of esters is 1. The molecular formula is C20H24N4O5S. The molecule has 160 valence electrons. The summed E-state index contributed by atoms with van der Waals surface area (Å²) in [6, 6.07) is 9.01. The van der Waals surface area contributed by atoms with Crippen LogP contribution >= 0.6 is 11.3 Å². The molecule has 3 amide bonds. The van der Waals surface area contributed by atoms with Gasteiger partial charge in [0.05, 0.1) is 13.2 Å². The summed E-state index contributed by atoms with van der Waals surface area (Å²) in [6.45, 7) is 2.24. The third-order valence-corrected chi connectivity index (χ3v) is 4.60. The van der Waals surface area contributed by atoms with E-state index in [4.69, 9.17) is 4.74 Å². The smallest absolute Gasteiger partial charge is 0.321 e. The van der Waals surface area contributed by atoms with Crippen molar-refractivity contribution in [3.8, 4) is 0 Å². The average Bonchev–Trinajstić information content (AvgIpc) is 3.20. The lowest BCUT2D eigenvalue weighted by molar-refractivity contribution is -0.143. The Kier molecular flexibility index (Phi) is 9.46. The van der Waals surface area contributed by atoms with E-state index in [1.807, 2.05) is 30.3 Å². The average molecular weight is 433 g/mol. The number of Topliss-reactive ketones (excluding diaryl/α,β-unsaturated/α-hetero) is 1. The van der Waals surface area contributed by atoms with Gasteiger partial charge in [-0.1, -0.05) is 30.3 Å². The molecule has 0 saturated carbocycles. The van der Waals surface area contributed by atoms with Crippen LogP contribution < -0.4 is 16.0 Å². The van der Waals surface area contributed by atoms with Crippen LogP contribution in [0.1, 0.15) is 42.2 Å². The quantitative estimate of drug-likeness (QED) is 0.468. The van der Waals surface area contributed by atoms with Crippen LogP contribution in [0.15, 0.2) is 35.7 Å². The fourth-order valence-electron chi connectivity index (χ4n) is 2.38. The van der Waals surface area contributed by atoms with Crippen molar-refractivity contribution in [1.82, 2.24) is 15.6 Å². The van der Waals surface area contributed by atoms with Gasteiger partial charge in [-0.05, 0) is 18.9 Å². The van der Waals surface area contributed by atoms with Gasteiger partial charge in [-0.3, -0.25) is 19.7 Å². The highest BCUT2D eigenvalue weighted by molar-refractivity contribution is 7.14. The molecule has 9 nitrogen and oxygen atoms in total. The Morgan fingerprint density at radius 1 is 1.07 bits per heavy atom. The van der Waals surface area contributed by atoms with E-state index in [1.165, 1.54) is 5.38 Å². The van der Waals surface area contributed by atoms with Gasteiger partial charge in [-0.25, -0.2) is 9.78 Å². The molecule has 0 bridgehead atoms. The molecule has 0 aliphatic rings. The maximum absolute atomic E-state index is 12.1. The number of urea groups is 1. The molecular weight excluding hydrogens is 408 g/mol. The van der Waals surface area contributed by atoms with E-state index in [1.54, 1.807) is 6.92 Å². The van der Waals surface area contributed by atoms with Crippen LogP contribution in [0.3, 0.4) is 0 Å². The van der Waals surface area contributed by atoms with Crippen LogP contribution in [0.5, 0.6) is 0 Å². The summed E-state index contributed by atoms with van der Waals surface area (Å²) >= 11 is 1.10. The van der Waals surface area contributed by atoms with Crippen LogP contribution in [0.4, 0.5) is 9.93 Å². The Morgan fingerprint density at radius 3 is 2.57 bits per heavy atom. The minimum absolute atomic E-state index is 0.109. The van der Waals surface area contributed by atoms with E-state index >= 15 is 0 Å². The zero-order valence-corrected chi connectivity index (χ0v) is 17.4. The predicted molar refractivity (Wildman–Crippen MR) is 112 cm³/mol. The second kappa shape index (κ2) is 12.3. The number of rotatable bonds is 11. The minimum atomic E-state index is -0.511. The van der Waals surface area contributed by atoms with Crippen LogP contribution in [0, 0.1) is 0 Å². The first-order valence-electron chi connectivity index (χ1n) is 9.47. The summed E-state index contributed by atoms with van der Waals surface area (Å²) in [6.07, 6.45) is 0.710. The zero-order chi connectivity index (χ0) is 21.8. The third-order valence-electron chi connectivity index (χ3n) is 3.84. The molecule has 1 aromatic heterocycles. The highest BCUT2D eigenvalue weighted by Gasteiger charge is 2.14. The second-order valence-corrected chi connectivity index (χ2v) is 7.07. The number of anilines is 1. The normalized spacial score (nSPS) is 10.2. The third kappa shape index (κ3) is 8.39.